The molecule has 3 aromatic rings. The maximum Gasteiger partial charge on any atom is 0.282 e. The van der Waals surface area contributed by atoms with Crippen molar-refractivity contribution in [2.75, 3.05) is 17.3 Å². The van der Waals surface area contributed by atoms with Gasteiger partial charge in [0.25, 0.3) is 11.8 Å². The quantitative estimate of drug-likeness (QED) is 0.513. The predicted molar refractivity (Wildman–Crippen MR) is 128 cm³/mol. The second kappa shape index (κ2) is 8.52. The molecule has 0 radical (unpaired) electrons. The van der Waals surface area contributed by atoms with Gasteiger partial charge in [0.15, 0.2) is 0 Å². The molecule has 0 fully saturated rings. The van der Waals surface area contributed by atoms with Gasteiger partial charge in [-0.15, -0.1) is 0 Å². The lowest BCUT2D eigenvalue weighted by Crippen LogP contribution is -2.32. The molecule has 0 saturated carbocycles. The standard InChI is InChI=1S/C26H23ClN2O3/c1-15-5-12-22(32-4)21(13-15)29-25(30)23(18-7-9-19(27)10-8-18)24(26(29)31)28-20-11-6-16(2)17(3)14-20/h5-14,28H,1-4H3. The van der Waals surface area contributed by atoms with E-state index in [1.807, 2.05) is 45.0 Å². The zero-order chi connectivity index (χ0) is 23.0. The average molecular weight is 447 g/mol. The number of anilines is 2. The van der Waals surface area contributed by atoms with Crippen molar-refractivity contribution in [1.29, 1.82) is 0 Å². The van der Waals surface area contributed by atoms with Crippen LogP contribution in [0.4, 0.5) is 11.4 Å². The number of amides is 2. The van der Waals surface area contributed by atoms with Gasteiger partial charge in [0.1, 0.15) is 11.4 Å². The van der Waals surface area contributed by atoms with Gasteiger partial charge in [-0.3, -0.25) is 9.59 Å². The summed E-state index contributed by atoms with van der Waals surface area (Å²) in [5.41, 5.74) is 5.37. The topological polar surface area (TPSA) is 58.6 Å². The normalized spacial score (nSPS) is 13.7. The molecule has 1 aliphatic heterocycles. The molecule has 3 aromatic carbocycles. The first kappa shape index (κ1) is 21.7. The van der Waals surface area contributed by atoms with Gasteiger partial charge in [0.2, 0.25) is 0 Å². The van der Waals surface area contributed by atoms with Crippen molar-refractivity contribution in [2.24, 2.45) is 0 Å². The van der Waals surface area contributed by atoms with Gasteiger partial charge in [-0.1, -0.05) is 35.9 Å². The third-order valence-corrected chi connectivity index (χ3v) is 5.82. The molecule has 32 heavy (non-hydrogen) atoms. The van der Waals surface area contributed by atoms with Gasteiger partial charge >= 0.3 is 0 Å². The minimum Gasteiger partial charge on any atom is -0.495 e. The van der Waals surface area contributed by atoms with Crippen LogP contribution in [0.1, 0.15) is 22.3 Å². The van der Waals surface area contributed by atoms with Crippen molar-refractivity contribution in [3.8, 4) is 5.75 Å². The molecule has 0 spiro atoms. The van der Waals surface area contributed by atoms with Crippen LogP contribution in [-0.4, -0.2) is 18.9 Å². The number of benzene rings is 3. The Kier molecular flexibility index (Phi) is 5.76. The average Bonchev–Trinajstić information content (AvgIpc) is 3.00. The van der Waals surface area contributed by atoms with Gasteiger partial charge in [-0.2, -0.15) is 0 Å². The number of carbonyl (C=O) groups is 2. The van der Waals surface area contributed by atoms with Crippen LogP contribution in [0.3, 0.4) is 0 Å². The maximum atomic E-state index is 13.6. The number of carbonyl (C=O) groups excluding carboxylic acids is 2. The number of ether oxygens (including phenoxy) is 1. The number of imide groups is 1. The minimum absolute atomic E-state index is 0.212. The highest BCUT2D eigenvalue weighted by atomic mass is 35.5. The summed E-state index contributed by atoms with van der Waals surface area (Å²) < 4.78 is 5.45. The van der Waals surface area contributed by atoms with Crippen molar-refractivity contribution < 1.29 is 14.3 Å². The molecule has 6 heteroatoms. The van der Waals surface area contributed by atoms with Crippen LogP contribution in [0.2, 0.25) is 5.02 Å². The minimum atomic E-state index is -0.443. The van der Waals surface area contributed by atoms with Crippen molar-refractivity contribution in [2.45, 2.75) is 20.8 Å². The first-order chi connectivity index (χ1) is 15.3. The fourth-order valence-electron chi connectivity index (χ4n) is 3.69. The van der Waals surface area contributed by atoms with E-state index in [2.05, 4.69) is 5.32 Å². The zero-order valence-corrected chi connectivity index (χ0v) is 19.1. The van der Waals surface area contributed by atoms with Gasteiger partial charge in [-0.25, -0.2) is 4.90 Å². The second-order valence-electron chi connectivity index (χ2n) is 7.80. The maximum absolute atomic E-state index is 13.6. The molecule has 0 bridgehead atoms. The van der Waals surface area contributed by atoms with Crippen molar-refractivity contribution in [3.05, 3.63) is 93.6 Å². The van der Waals surface area contributed by atoms with E-state index in [9.17, 15) is 9.59 Å². The molecule has 4 rings (SSSR count). The first-order valence-electron chi connectivity index (χ1n) is 10.2. The smallest absolute Gasteiger partial charge is 0.282 e. The van der Waals surface area contributed by atoms with Crippen LogP contribution in [0.5, 0.6) is 5.75 Å². The molecule has 1 N–H and O–H groups in total. The molecule has 0 unspecified atom stereocenters. The third-order valence-electron chi connectivity index (χ3n) is 5.57. The lowest BCUT2D eigenvalue weighted by molar-refractivity contribution is -0.120. The number of nitrogens with zero attached hydrogens (tertiary/aromatic N) is 1. The van der Waals surface area contributed by atoms with Crippen molar-refractivity contribution in [3.63, 3.8) is 0 Å². The zero-order valence-electron chi connectivity index (χ0n) is 18.3. The van der Waals surface area contributed by atoms with Crippen LogP contribution < -0.4 is 15.0 Å². The number of aryl methyl sites for hydroxylation is 3. The first-order valence-corrected chi connectivity index (χ1v) is 10.6. The Hall–Kier alpha value is -3.57. The number of hydrogen-bond acceptors (Lipinski definition) is 4. The summed E-state index contributed by atoms with van der Waals surface area (Å²) in [6.45, 7) is 5.92. The van der Waals surface area contributed by atoms with E-state index < -0.39 is 11.8 Å². The summed E-state index contributed by atoms with van der Waals surface area (Å²) in [5, 5.41) is 3.75. The Balaban J connectivity index is 1.86. The van der Waals surface area contributed by atoms with Gasteiger partial charge in [-0.05, 0) is 79.4 Å². The summed E-state index contributed by atoms with van der Waals surface area (Å²) in [4.78, 5) is 28.4. The summed E-state index contributed by atoms with van der Waals surface area (Å²) in [5.74, 6) is -0.421. The number of rotatable bonds is 5. The van der Waals surface area contributed by atoms with Gasteiger partial charge in [0.05, 0.1) is 18.4 Å². The molecule has 0 atom stereocenters. The van der Waals surface area contributed by atoms with Crippen LogP contribution in [0.25, 0.3) is 5.57 Å². The molecule has 0 aliphatic carbocycles. The van der Waals surface area contributed by atoms with Crippen molar-refractivity contribution in [1.82, 2.24) is 0 Å². The molecule has 0 saturated heterocycles. The summed E-state index contributed by atoms with van der Waals surface area (Å²) in [7, 11) is 1.51. The molecule has 2 amide bonds. The van der Waals surface area contributed by atoms with E-state index in [-0.39, 0.29) is 11.3 Å². The number of nitrogens with one attached hydrogen (secondary N) is 1. The Morgan fingerprint density at radius 1 is 0.844 bits per heavy atom. The Bertz CT molecular complexity index is 1260. The van der Waals surface area contributed by atoms with Crippen molar-refractivity contribution >= 4 is 40.4 Å². The van der Waals surface area contributed by atoms with E-state index in [1.54, 1.807) is 36.4 Å². The number of hydrogen-bond donors (Lipinski definition) is 1. The predicted octanol–water partition coefficient (Wildman–Crippen LogP) is 5.67. The van der Waals surface area contributed by atoms with Gasteiger partial charge < -0.3 is 10.1 Å². The monoisotopic (exact) mass is 446 g/mol. The lowest BCUT2D eigenvalue weighted by Gasteiger charge is -2.19. The number of halogens is 1. The summed E-state index contributed by atoms with van der Waals surface area (Å²) in [6, 6.07) is 18.1. The van der Waals surface area contributed by atoms with Gasteiger partial charge in [0, 0.05) is 10.7 Å². The summed E-state index contributed by atoms with van der Waals surface area (Å²) >= 11 is 6.05. The molecule has 5 nitrogen and oxygen atoms in total. The SMILES string of the molecule is COc1ccc(C)cc1N1C(=O)C(Nc2ccc(C)c(C)c2)=C(c2ccc(Cl)cc2)C1=O. The third kappa shape index (κ3) is 3.87. The van der Waals surface area contributed by atoms with E-state index in [4.69, 9.17) is 16.3 Å². The van der Waals surface area contributed by atoms with Crippen LogP contribution >= 0.6 is 11.6 Å². The largest absolute Gasteiger partial charge is 0.495 e. The van der Waals surface area contributed by atoms with Crippen LogP contribution in [0, 0.1) is 20.8 Å². The van der Waals surface area contributed by atoms with Crippen LogP contribution in [-0.2, 0) is 9.59 Å². The molecule has 1 heterocycles. The lowest BCUT2D eigenvalue weighted by atomic mass is 10.0. The highest BCUT2D eigenvalue weighted by molar-refractivity contribution is 6.46. The molecule has 162 valence electrons. The van der Waals surface area contributed by atoms with E-state index in [1.165, 1.54) is 12.0 Å². The van der Waals surface area contributed by atoms with E-state index in [0.29, 0.717) is 22.0 Å². The fraction of sp³-hybridized carbons (Fsp3) is 0.154. The van der Waals surface area contributed by atoms with E-state index >= 15 is 0 Å². The molecular weight excluding hydrogens is 424 g/mol. The number of methoxy groups -OCH3 is 1. The van der Waals surface area contributed by atoms with E-state index in [0.717, 1.165) is 22.4 Å². The molecular formula is C26H23ClN2O3. The molecule has 1 aliphatic rings. The summed E-state index contributed by atoms with van der Waals surface area (Å²) in [6.07, 6.45) is 0. The highest BCUT2D eigenvalue weighted by Gasteiger charge is 2.41. The Morgan fingerprint density at radius 2 is 1.56 bits per heavy atom. The highest BCUT2D eigenvalue weighted by Crippen LogP contribution is 2.38. The second-order valence-corrected chi connectivity index (χ2v) is 8.24. The van der Waals surface area contributed by atoms with Crippen LogP contribution in [0.15, 0.2) is 66.4 Å². The Labute approximate surface area is 192 Å². The Morgan fingerprint density at radius 3 is 2.22 bits per heavy atom. The molecule has 0 aromatic heterocycles. The fourth-order valence-corrected chi connectivity index (χ4v) is 3.81.